The molecule has 0 fully saturated rings. The molecule has 5 rings (SSSR count). The molecule has 0 radical (unpaired) electrons. The summed E-state index contributed by atoms with van der Waals surface area (Å²) in [7, 11) is 2.71. The molecule has 0 N–H and O–H groups in total. The van der Waals surface area contributed by atoms with Crippen molar-refractivity contribution in [2.24, 2.45) is 0 Å². The molecule has 0 aliphatic rings. The summed E-state index contributed by atoms with van der Waals surface area (Å²) in [5, 5.41) is -4.60. The van der Waals surface area contributed by atoms with Crippen LogP contribution in [0.1, 0.15) is 0 Å². The molecule has 0 bridgehead atoms. The standard InChI is InChI=1S/C28H14F8O2/c1-37-13-7-3-11(4-8-13)15-16(12-5-9-14(38-2)10-6-12)18-20(24(32)28(36)26(34)22(18)30)19-17(15)21(29)25(33)27(35)23(19)31/h3-10H,1-2H3. The highest BCUT2D eigenvalue weighted by molar-refractivity contribution is 6.22. The monoisotopic (exact) mass is 534 g/mol. The molecule has 2 nitrogen and oxygen atoms in total. The summed E-state index contributed by atoms with van der Waals surface area (Å²) < 4.78 is 130. The van der Waals surface area contributed by atoms with E-state index in [1.165, 1.54) is 62.8 Å². The fraction of sp³-hybridized carbons (Fsp3) is 0.0714. The molecule has 0 aliphatic carbocycles. The van der Waals surface area contributed by atoms with Gasteiger partial charge in [-0.3, -0.25) is 0 Å². The molecule has 0 saturated heterocycles. The van der Waals surface area contributed by atoms with Gasteiger partial charge in [0, 0.05) is 32.7 Å². The SMILES string of the molecule is COc1ccc(-c2c(-c3ccc(OC)cc3)c3c(F)c(F)c(F)c(F)c3c3c(F)c(F)c(F)c(F)c23)cc1. The molecule has 194 valence electrons. The normalized spacial score (nSPS) is 11.4. The molecule has 0 aliphatic heterocycles. The third-order valence-electron chi connectivity index (χ3n) is 6.29. The minimum atomic E-state index is -2.33. The maximum absolute atomic E-state index is 15.5. The lowest BCUT2D eigenvalue weighted by Gasteiger charge is -2.21. The van der Waals surface area contributed by atoms with Crippen molar-refractivity contribution < 1.29 is 44.6 Å². The van der Waals surface area contributed by atoms with E-state index in [0.717, 1.165) is 0 Å². The maximum Gasteiger partial charge on any atom is 0.198 e. The molecule has 0 spiro atoms. The molecule has 0 unspecified atom stereocenters. The van der Waals surface area contributed by atoms with Crippen LogP contribution in [0.3, 0.4) is 0 Å². The van der Waals surface area contributed by atoms with E-state index in [9.17, 15) is 17.6 Å². The van der Waals surface area contributed by atoms with E-state index in [2.05, 4.69) is 0 Å². The lowest BCUT2D eigenvalue weighted by Crippen LogP contribution is -2.06. The summed E-state index contributed by atoms with van der Waals surface area (Å²) in [6.45, 7) is 0. The highest BCUT2D eigenvalue weighted by Gasteiger charge is 2.33. The Balaban J connectivity index is 2.17. The van der Waals surface area contributed by atoms with Crippen LogP contribution in [0.5, 0.6) is 11.5 Å². The molecule has 0 atom stereocenters. The highest BCUT2D eigenvalue weighted by atomic mass is 19.2. The first-order chi connectivity index (χ1) is 18.1. The van der Waals surface area contributed by atoms with Gasteiger partial charge in [-0.25, -0.2) is 35.1 Å². The Morgan fingerprint density at radius 1 is 0.368 bits per heavy atom. The van der Waals surface area contributed by atoms with E-state index < -0.39 is 79.2 Å². The van der Waals surface area contributed by atoms with Gasteiger partial charge in [0.05, 0.1) is 14.2 Å². The summed E-state index contributed by atoms with van der Waals surface area (Å²) >= 11 is 0. The van der Waals surface area contributed by atoms with Gasteiger partial charge in [0.25, 0.3) is 0 Å². The molecule has 0 heterocycles. The Labute approximate surface area is 209 Å². The van der Waals surface area contributed by atoms with E-state index in [4.69, 9.17) is 9.47 Å². The van der Waals surface area contributed by atoms with Crippen LogP contribution >= 0.6 is 0 Å². The van der Waals surface area contributed by atoms with E-state index in [0.29, 0.717) is 11.5 Å². The van der Waals surface area contributed by atoms with Crippen molar-refractivity contribution in [3.05, 3.63) is 95.1 Å². The predicted octanol–water partition coefficient (Wildman–Crippen LogP) is 8.46. The van der Waals surface area contributed by atoms with Crippen LogP contribution < -0.4 is 9.47 Å². The molecule has 38 heavy (non-hydrogen) atoms. The minimum absolute atomic E-state index is 0.00244. The van der Waals surface area contributed by atoms with Gasteiger partial charge in [0.15, 0.2) is 46.5 Å². The first-order valence-electron chi connectivity index (χ1n) is 10.9. The average Bonchev–Trinajstić information content (AvgIpc) is 2.95. The first-order valence-corrected chi connectivity index (χ1v) is 10.9. The predicted molar refractivity (Wildman–Crippen MR) is 125 cm³/mol. The van der Waals surface area contributed by atoms with Gasteiger partial charge in [-0.15, -0.1) is 0 Å². The van der Waals surface area contributed by atoms with Crippen molar-refractivity contribution in [3.63, 3.8) is 0 Å². The minimum Gasteiger partial charge on any atom is -0.497 e. The summed E-state index contributed by atoms with van der Waals surface area (Å²) in [6.07, 6.45) is 0. The average molecular weight is 534 g/mol. The number of benzene rings is 5. The molecule has 10 heteroatoms. The lowest BCUT2D eigenvalue weighted by molar-refractivity contribution is 0.414. The fourth-order valence-corrected chi connectivity index (χ4v) is 4.55. The number of methoxy groups -OCH3 is 2. The Hall–Kier alpha value is -4.34. The molecule has 5 aromatic rings. The van der Waals surface area contributed by atoms with Gasteiger partial charge in [-0.2, -0.15) is 0 Å². The van der Waals surface area contributed by atoms with Crippen LogP contribution in [0.25, 0.3) is 43.8 Å². The van der Waals surface area contributed by atoms with Crippen molar-refractivity contribution in [1.82, 2.24) is 0 Å². The molecule has 0 saturated carbocycles. The molecule has 0 aromatic heterocycles. The van der Waals surface area contributed by atoms with Crippen molar-refractivity contribution in [3.8, 4) is 33.8 Å². The zero-order valence-corrected chi connectivity index (χ0v) is 19.5. The molecular formula is C28H14F8O2. The van der Waals surface area contributed by atoms with Crippen LogP contribution in [0, 0.1) is 46.5 Å². The Kier molecular flexibility index (Phi) is 6.13. The Bertz CT molecular complexity index is 1620. The van der Waals surface area contributed by atoms with E-state index >= 15 is 17.6 Å². The number of halogens is 8. The fourth-order valence-electron chi connectivity index (χ4n) is 4.55. The topological polar surface area (TPSA) is 18.5 Å². The van der Waals surface area contributed by atoms with Crippen LogP contribution in [0.4, 0.5) is 35.1 Å². The summed E-state index contributed by atoms with van der Waals surface area (Å²) in [5.41, 5.74) is -0.866. The van der Waals surface area contributed by atoms with E-state index in [-0.39, 0.29) is 11.1 Å². The Morgan fingerprint density at radius 3 is 0.895 bits per heavy atom. The van der Waals surface area contributed by atoms with Gasteiger partial charge in [-0.05, 0) is 35.4 Å². The van der Waals surface area contributed by atoms with Gasteiger partial charge in [-0.1, -0.05) is 24.3 Å². The van der Waals surface area contributed by atoms with E-state index in [1.807, 2.05) is 0 Å². The summed E-state index contributed by atoms with van der Waals surface area (Å²) in [6, 6.07) is 10.8. The summed E-state index contributed by atoms with van der Waals surface area (Å²) in [5.74, 6) is -16.6. The second-order valence-electron chi connectivity index (χ2n) is 8.22. The quantitative estimate of drug-likeness (QED) is 0.0997. The largest absolute Gasteiger partial charge is 0.497 e. The van der Waals surface area contributed by atoms with Gasteiger partial charge >= 0.3 is 0 Å². The van der Waals surface area contributed by atoms with Gasteiger partial charge in [0.1, 0.15) is 11.5 Å². The zero-order valence-electron chi connectivity index (χ0n) is 19.5. The van der Waals surface area contributed by atoms with Gasteiger partial charge in [0.2, 0.25) is 0 Å². The molecular weight excluding hydrogens is 520 g/mol. The van der Waals surface area contributed by atoms with Gasteiger partial charge < -0.3 is 9.47 Å². The number of hydrogen-bond acceptors (Lipinski definition) is 2. The summed E-state index contributed by atoms with van der Waals surface area (Å²) in [4.78, 5) is 0. The second-order valence-corrected chi connectivity index (χ2v) is 8.22. The zero-order chi connectivity index (χ0) is 27.5. The smallest absolute Gasteiger partial charge is 0.198 e. The first kappa shape index (κ1) is 25.3. The maximum atomic E-state index is 15.5. The van der Waals surface area contributed by atoms with Crippen LogP contribution in [-0.4, -0.2) is 14.2 Å². The van der Waals surface area contributed by atoms with Crippen molar-refractivity contribution in [1.29, 1.82) is 0 Å². The van der Waals surface area contributed by atoms with Crippen LogP contribution in [0.15, 0.2) is 48.5 Å². The van der Waals surface area contributed by atoms with E-state index in [1.54, 1.807) is 0 Å². The third kappa shape index (κ3) is 3.54. The molecule has 0 amide bonds. The highest BCUT2D eigenvalue weighted by Crippen LogP contribution is 2.49. The Morgan fingerprint density at radius 2 is 0.632 bits per heavy atom. The number of ether oxygens (including phenoxy) is 2. The van der Waals surface area contributed by atoms with Crippen molar-refractivity contribution in [2.75, 3.05) is 14.2 Å². The third-order valence-corrected chi connectivity index (χ3v) is 6.29. The number of hydrogen-bond donors (Lipinski definition) is 0. The molecule has 5 aromatic carbocycles. The van der Waals surface area contributed by atoms with Crippen LogP contribution in [-0.2, 0) is 0 Å². The number of fused-ring (bicyclic) bond motifs is 3. The second kappa shape index (κ2) is 9.20. The van der Waals surface area contributed by atoms with Crippen molar-refractivity contribution >= 4 is 21.5 Å². The van der Waals surface area contributed by atoms with Crippen molar-refractivity contribution in [2.45, 2.75) is 0 Å². The van der Waals surface area contributed by atoms with Crippen LogP contribution in [0.2, 0.25) is 0 Å². The lowest BCUT2D eigenvalue weighted by atomic mass is 9.84. The number of rotatable bonds is 4.